The first-order valence-electron chi connectivity index (χ1n) is 10.6. The van der Waals surface area contributed by atoms with Crippen LogP contribution in [0.15, 0.2) is 58.1 Å². The highest BCUT2D eigenvalue weighted by Crippen LogP contribution is 2.24. The van der Waals surface area contributed by atoms with E-state index in [1.807, 2.05) is 37.3 Å². The number of aromatic nitrogens is 2. The highest BCUT2D eigenvalue weighted by Gasteiger charge is 2.24. The number of ether oxygens (including phenoxy) is 1. The molecule has 1 aromatic heterocycles. The maximum absolute atomic E-state index is 13.0. The minimum atomic E-state index is -0.778. The van der Waals surface area contributed by atoms with Crippen molar-refractivity contribution in [2.24, 2.45) is 0 Å². The van der Waals surface area contributed by atoms with Gasteiger partial charge in [0, 0.05) is 18.2 Å². The number of carbonyl (C=O) groups is 1. The van der Waals surface area contributed by atoms with Crippen LogP contribution in [0.1, 0.15) is 24.5 Å². The first-order chi connectivity index (χ1) is 16.2. The van der Waals surface area contributed by atoms with Crippen LogP contribution in [0.25, 0.3) is 0 Å². The van der Waals surface area contributed by atoms with Crippen molar-refractivity contribution in [3.63, 3.8) is 0 Å². The third-order valence-electron chi connectivity index (χ3n) is 5.14. The van der Waals surface area contributed by atoms with Gasteiger partial charge in [-0.05, 0) is 31.0 Å². The third-order valence-corrected chi connectivity index (χ3v) is 5.14. The number of benzene rings is 2. The molecule has 0 fully saturated rings. The molecule has 3 rings (SSSR count). The maximum atomic E-state index is 13.0. The molecule has 178 valence electrons. The molecule has 0 saturated heterocycles. The van der Waals surface area contributed by atoms with E-state index < -0.39 is 28.7 Å². The van der Waals surface area contributed by atoms with Gasteiger partial charge in [-0.3, -0.25) is 29.3 Å². The molecule has 2 aromatic carbocycles. The van der Waals surface area contributed by atoms with E-state index in [1.54, 1.807) is 6.92 Å². The SMILES string of the molecule is CCCN(C(=O)COc1ccc([N+](=O)[O-])c(C)c1)c1c(N)n(Cc2ccccc2)c(=O)[nH]c1=O. The predicted molar refractivity (Wildman–Crippen MR) is 127 cm³/mol. The minimum absolute atomic E-state index is 0.0636. The van der Waals surface area contributed by atoms with Crippen LogP contribution in [0.3, 0.4) is 0 Å². The van der Waals surface area contributed by atoms with Gasteiger partial charge in [0.1, 0.15) is 11.6 Å². The summed E-state index contributed by atoms with van der Waals surface area (Å²) in [6.45, 7) is 3.23. The summed E-state index contributed by atoms with van der Waals surface area (Å²) < 4.78 is 6.72. The molecule has 0 saturated carbocycles. The molecular weight excluding hydrogens is 442 g/mol. The fourth-order valence-corrected chi connectivity index (χ4v) is 3.49. The Kier molecular flexibility index (Phi) is 7.46. The van der Waals surface area contributed by atoms with Crippen LogP contribution in [0.5, 0.6) is 5.75 Å². The molecular formula is C23H25N5O6. The van der Waals surface area contributed by atoms with Crippen molar-refractivity contribution in [1.82, 2.24) is 9.55 Å². The monoisotopic (exact) mass is 467 g/mol. The van der Waals surface area contributed by atoms with Gasteiger partial charge in [0.05, 0.1) is 11.5 Å². The van der Waals surface area contributed by atoms with Crippen LogP contribution in [0, 0.1) is 17.0 Å². The Labute approximate surface area is 194 Å². The predicted octanol–water partition coefficient (Wildman–Crippen LogP) is 2.21. The number of nitrogen functional groups attached to an aromatic ring is 1. The number of nitrogens with one attached hydrogen (secondary N) is 1. The second-order valence-corrected chi connectivity index (χ2v) is 7.60. The summed E-state index contributed by atoms with van der Waals surface area (Å²) in [5, 5.41) is 11.0. The first kappa shape index (κ1) is 24.2. The van der Waals surface area contributed by atoms with Crippen LogP contribution < -0.4 is 26.6 Å². The Hall–Kier alpha value is -4.41. The Morgan fingerprint density at radius 2 is 1.91 bits per heavy atom. The minimum Gasteiger partial charge on any atom is -0.484 e. The van der Waals surface area contributed by atoms with Crippen LogP contribution in [0.2, 0.25) is 0 Å². The number of hydrogen-bond acceptors (Lipinski definition) is 7. The number of aryl methyl sites for hydroxylation is 1. The molecule has 1 heterocycles. The number of nitrogens with zero attached hydrogens (tertiary/aromatic N) is 3. The largest absolute Gasteiger partial charge is 0.484 e. The lowest BCUT2D eigenvalue weighted by Crippen LogP contribution is -2.43. The zero-order valence-electron chi connectivity index (χ0n) is 18.8. The van der Waals surface area contributed by atoms with Gasteiger partial charge in [-0.15, -0.1) is 0 Å². The summed E-state index contributed by atoms with van der Waals surface area (Å²) in [6, 6.07) is 13.2. The number of carbonyl (C=O) groups excluding carboxylic acids is 1. The molecule has 0 unspecified atom stereocenters. The quantitative estimate of drug-likeness (QED) is 0.361. The maximum Gasteiger partial charge on any atom is 0.330 e. The number of rotatable bonds is 9. The fraction of sp³-hybridized carbons (Fsp3) is 0.261. The second kappa shape index (κ2) is 10.5. The van der Waals surface area contributed by atoms with Crippen LogP contribution >= 0.6 is 0 Å². The van der Waals surface area contributed by atoms with Crippen molar-refractivity contribution in [3.8, 4) is 5.75 Å². The van der Waals surface area contributed by atoms with Crippen molar-refractivity contribution >= 4 is 23.1 Å². The lowest BCUT2D eigenvalue weighted by molar-refractivity contribution is -0.385. The fourth-order valence-electron chi connectivity index (χ4n) is 3.49. The first-order valence-corrected chi connectivity index (χ1v) is 10.6. The molecule has 0 aliphatic rings. The molecule has 3 N–H and O–H groups in total. The van der Waals surface area contributed by atoms with E-state index in [0.717, 1.165) is 5.56 Å². The lowest BCUT2D eigenvalue weighted by atomic mass is 10.2. The van der Waals surface area contributed by atoms with Crippen molar-refractivity contribution in [1.29, 1.82) is 0 Å². The standard InChI is InChI=1S/C23H25N5O6/c1-3-11-26(19(29)14-34-17-9-10-18(28(32)33)15(2)12-17)20-21(24)27(23(31)25-22(20)30)13-16-7-5-4-6-8-16/h4-10,12H,3,11,13-14,24H2,1-2H3,(H,25,30,31). The van der Waals surface area contributed by atoms with E-state index >= 15 is 0 Å². The number of aromatic amines is 1. The number of anilines is 2. The summed E-state index contributed by atoms with van der Waals surface area (Å²) in [7, 11) is 0. The van der Waals surface area contributed by atoms with E-state index in [9.17, 15) is 24.5 Å². The molecule has 0 radical (unpaired) electrons. The number of nitrogens with two attached hydrogens (primary N) is 1. The van der Waals surface area contributed by atoms with Gasteiger partial charge in [0.2, 0.25) is 0 Å². The highest BCUT2D eigenvalue weighted by molar-refractivity contribution is 5.96. The normalized spacial score (nSPS) is 10.6. The van der Waals surface area contributed by atoms with Gasteiger partial charge in [0.25, 0.3) is 17.2 Å². The van der Waals surface area contributed by atoms with E-state index in [2.05, 4.69) is 4.98 Å². The summed E-state index contributed by atoms with van der Waals surface area (Å²) in [4.78, 5) is 52.0. The average molecular weight is 467 g/mol. The van der Waals surface area contributed by atoms with Crippen LogP contribution in [0.4, 0.5) is 17.2 Å². The van der Waals surface area contributed by atoms with Gasteiger partial charge in [0.15, 0.2) is 12.3 Å². The van der Waals surface area contributed by atoms with Crippen LogP contribution in [-0.4, -0.2) is 33.5 Å². The third kappa shape index (κ3) is 5.31. The Morgan fingerprint density at radius 1 is 1.21 bits per heavy atom. The molecule has 0 atom stereocenters. The Bertz CT molecular complexity index is 1320. The lowest BCUT2D eigenvalue weighted by Gasteiger charge is -2.24. The number of nitro benzene ring substituents is 1. The zero-order chi connectivity index (χ0) is 24.8. The molecule has 34 heavy (non-hydrogen) atoms. The van der Waals surface area contributed by atoms with E-state index in [-0.39, 0.29) is 36.0 Å². The van der Waals surface area contributed by atoms with Gasteiger partial charge in [-0.2, -0.15) is 0 Å². The van der Waals surface area contributed by atoms with Crippen LogP contribution in [-0.2, 0) is 11.3 Å². The van der Waals surface area contributed by atoms with Gasteiger partial charge < -0.3 is 15.4 Å². The van der Waals surface area contributed by atoms with E-state index in [4.69, 9.17) is 10.5 Å². The summed E-state index contributed by atoms with van der Waals surface area (Å²) in [5.74, 6) is -0.422. The van der Waals surface area contributed by atoms with Crippen molar-refractivity contribution in [3.05, 3.63) is 90.6 Å². The Balaban J connectivity index is 1.89. The molecule has 11 heteroatoms. The summed E-state index contributed by atoms with van der Waals surface area (Å²) >= 11 is 0. The van der Waals surface area contributed by atoms with Gasteiger partial charge >= 0.3 is 5.69 Å². The second-order valence-electron chi connectivity index (χ2n) is 7.60. The zero-order valence-corrected chi connectivity index (χ0v) is 18.8. The molecule has 0 spiro atoms. The molecule has 3 aromatic rings. The van der Waals surface area contributed by atoms with E-state index in [0.29, 0.717) is 12.0 Å². The summed E-state index contributed by atoms with van der Waals surface area (Å²) in [5.41, 5.74) is 5.73. The molecule has 0 aliphatic carbocycles. The number of hydrogen-bond donors (Lipinski definition) is 2. The van der Waals surface area contributed by atoms with E-state index in [1.165, 1.54) is 27.7 Å². The number of amides is 1. The number of nitro groups is 1. The molecule has 11 nitrogen and oxygen atoms in total. The smallest absolute Gasteiger partial charge is 0.330 e. The molecule has 0 bridgehead atoms. The average Bonchev–Trinajstić information content (AvgIpc) is 2.80. The number of H-pyrrole nitrogens is 1. The Morgan fingerprint density at radius 3 is 2.53 bits per heavy atom. The van der Waals surface area contributed by atoms with Crippen molar-refractivity contribution in [2.45, 2.75) is 26.8 Å². The topological polar surface area (TPSA) is 154 Å². The molecule has 0 aliphatic heterocycles. The van der Waals surface area contributed by atoms with Crippen molar-refractivity contribution < 1.29 is 14.5 Å². The molecule has 1 amide bonds. The van der Waals surface area contributed by atoms with Crippen molar-refractivity contribution in [2.75, 3.05) is 23.8 Å². The highest BCUT2D eigenvalue weighted by atomic mass is 16.6. The summed E-state index contributed by atoms with van der Waals surface area (Å²) in [6.07, 6.45) is 0.513. The van der Waals surface area contributed by atoms with Gasteiger partial charge in [-0.25, -0.2) is 4.79 Å². The van der Waals surface area contributed by atoms with Gasteiger partial charge in [-0.1, -0.05) is 37.3 Å².